The fourth-order valence-electron chi connectivity index (χ4n) is 3.42. The molecule has 0 atom stereocenters. The van der Waals surface area contributed by atoms with E-state index in [-0.39, 0.29) is 6.04 Å². The molecular weight excluding hydrogens is 376 g/mol. The molecule has 0 unspecified atom stereocenters. The maximum Gasteiger partial charge on any atom is 0.216 e. The van der Waals surface area contributed by atoms with Gasteiger partial charge in [0.25, 0.3) is 0 Å². The lowest BCUT2D eigenvalue weighted by atomic mass is 9.86. The van der Waals surface area contributed by atoms with Gasteiger partial charge in [0.05, 0.1) is 4.75 Å². The van der Waals surface area contributed by atoms with E-state index in [0.29, 0.717) is 5.92 Å². The Kier molecular flexibility index (Phi) is 6.16. The number of amidine groups is 1. The smallest absolute Gasteiger partial charge is 0.216 e. The summed E-state index contributed by atoms with van der Waals surface area (Å²) in [6, 6.07) is 8.28. The molecule has 8 nitrogen and oxygen atoms in total. The van der Waals surface area contributed by atoms with Crippen LogP contribution in [0.15, 0.2) is 29.4 Å². The van der Waals surface area contributed by atoms with Gasteiger partial charge in [0.1, 0.15) is 0 Å². The Morgan fingerprint density at radius 1 is 1.14 bits per heavy atom. The summed E-state index contributed by atoms with van der Waals surface area (Å²) in [4.78, 5) is 0. The molecule has 156 valence electrons. The number of hydrogen-bond donors (Lipinski definition) is 4. The minimum Gasteiger partial charge on any atom is -0.385 e. The van der Waals surface area contributed by atoms with Gasteiger partial charge in [-0.05, 0) is 76.6 Å². The van der Waals surface area contributed by atoms with Crippen LogP contribution in [-0.2, 0) is 10.0 Å². The van der Waals surface area contributed by atoms with Crippen molar-refractivity contribution in [2.75, 3.05) is 18.9 Å². The predicted octanol–water partition coefficient (Wildman–Crippen LogP) is 1.99. The Hall–Kier alpha value is -1.84. The third-order valence-corrected chi connectivity index (χ3v) is 7.67. The average molecular weight is 409 g/mol. The van der Waals surface area contributed by atoms with Crippen LogP contribution in [-0.4, -0.2) is 43.6 Å². The van der Waals surface area contributed by atoms with Crippen molar-refractivity contribution in [2.45, 2.75) is 57.2 Å². The van der Waals surface area contributed by atoms with E-state index in [2.05, 4.69) is 38.3 Å². The Morgan fingerprint density at radius 2 is 1.79 bits per heavy atom. The Balaban J connectivity index is 1.44. The molecule has 0 saturated heterocycles. The van der Waals surface area contributed by atoms with Crippen LogP contribution in [0.4, 0.5) is 5.69 Å². The molecule has 4 N–H and O–H groups in total. The molecule has 1 aliphatic heterocycles. The predicted molar refractivity (Wildman–Crippen MR) is 113 cm³/mol. The Bertz CT molecular complexity index is 793. The van der Waals surface area contributed by atoms with Crippen molar-refractivity contribution in [1.29, 1.82) is 0 Å². The maximum absolute atomic E-state index is 12.3. The lowest BCUT2D eigenvalue weighted by Crippen LogP contribution is -2.46. The largest absolute Gasteiger partial charge is 0.385 e. The monoisotopic (exact) mass is 408 g/mol. The molecule has 1 aromatic rings. The van der Waals surface area contributed by atoms with E-state index in [1.165, 1.54) is 0 Å². The zero-order valence-corrected chi connectivity index (χ0v) is 17.9. The van der Waals surface area contributed by atoms with Crippen LogP contribution < -0.4 is 21.1 Å². The summed E-state index contributed by atoms with van der Waals surface area (Å²) < 4.78 is 26.8. The second kappa shape index (κ2) is 8.26. The average Bonchev–Trinajstić information content (AvgIpc) is 3.06. The first-order chi connectivity index (χ1) is 13.2. The molecule has 0 radical (unpaired) electrons. The highest BCUT2D eigenvalue weighted by molar-refractivity contribution is 7.90. The van der Waals surface area contributed by atoms with Crippen molar-refractivity contribution in [3.8, 4) is 0 Å². The molecule has 3 rings (SSSR count). The van der Waals surface area contributed by atoms with Gasteiger partial charge in [0.2, 0.25) is 10.0 Å². The standard InChI is InChI=1S/C19H32N6O2S/c1-19(2,3)28(26,27)22-17-9-5-14(6-10-17)13-20-16-11-7-15(8-12-16)18-21-23-24-25(18)4/h7-8,11-12,14,17,20,22-24H,5-6,9-10,13H2,1-4H3/t14-,17-. The van der Waals surface area contributed by atoms with Crippen LogP contribution in [0, 0.1) is 5.92 Å². The van der Waals surface area contributed by atoms with E-state index in [9.17, 15) is 8.42 Å². The van der Waals surface area contributed by atoms with Gasteiger partial charge >= 0.3 is 0 Å². The number of nitrogens with zero attached hydrogens (tertiary/aromatic N) is 2. The highest BCUT2D eigenvalue weighted by atomic mass is 32.2. The quantitative estimate of drug-likeness (QED) is 0.575. The van der Waals surface area contributed by atoms with Crippen molar-refractivity contribution in [3.63, 3.8) is 0 Å². The molecule has 0 spiro atoms. The number of rotatable bonds is 6. The molecule has 1 aromatic carbocycles. The number of anilines is 1. The summed E-state index contributed by atoms with van der Waals surface area (Å²) >= 11 is 0. The summed E-state index contributed by atoms with van der Waals surface area (Å²) in [5.74, 6) is 1.41. The summed E-state index contributed by atoms with van der Waals surface area (Å²) in [7, 11) is -1.37. The minimum atomic E-state index is -3.27. The molecule has 1 fully saturated rings. The molecule has 1 aliphatic carbocycles. The number of benzene rings is 1. The van der Waals surface area contributed by atoms with E-state index in [4.69, 9.17) is 0 Å². The summed E-state index contributed by atoms with van der Waals surface area (Å²) in [6.07, 6.45) is 3.85. The Labute approximate surface area is 168 Å². The van der Waals surface area contributed by atoms with Gasteiger partial charge < -0.3 is 5.32 Å². The van der Waals surface area contributed by atoms with Crippen molar-refractivity contribution < 1.29 is 8.42 Å². The van der Waals surface area contributed by atoms with Gasteiger partial charge in [-0.3, -0.25) is 5.01 Å². The number of nitrogens with one attached hydrogen (secondary N) is 4. The molecule has 0 bridgehead atoms. The first-order valence-electron chi connectivity index (χ1n) is 9.84. The summed E-state index contributed by atoms with van der Waals surface area (Å²) in [5.41, 5.74) is 7.76. The van der Waals surface area contributed by atoms with E-state index in [1.54, 1.807) is 20.8 Å². The molecule has 0 amide bonds. The fourth-order valence-corrected chi connectivity index (χ4v) is 4.45. The van der Waals surface area contributed by atoms with E-state index in [1.807, 2.05) is 24.2 Å². The topological polar surface area (TPSA) is 97.9 Å². The zero-order chi connectivity index (χ0) is 20.4. The number of hydrazine groups is 2. The van der Waals surface area contributed by atoms with Gasteiger partial charge in [0, 0.05) is 30.9 Å². The zero-order valence-electron chi connectivity index (χ0n) is 17.1. The van der Waals surface area contributed by atoms with Gasteiger partial charge in [-0.25, -0.2) is 18.7 Å². The van der Waals surface area contributed by atoms with E-state index < -0.39 is 14.8 Å². The van der Waals surface area contributed by atoms with E-state index in [0.717, 1.165) is 49.3 Å². The third-order valence-electron chi connectivity index (χ3n) is 5.41. The van der Waals surface area contributed by atoms with E-state index >= 15 is 0 Å². The van der Waals surface area contributed by atoms with Crippen LogP contribution in [0.25, 0.3) is 0 Å². The molecule has 9 heteroatoms. The second-order valence-corrected chi connectivity index (χ2v) is 11.1. The maximum atomic E-state index is 12.3. The normalized spacial score (nSPS) is 23.3. The van der Waals surface area contributed by atoms with Crippen molar-refractivity contribution in [2.24, 2.45) is 11.0 Å². The number of hydrazone groups is 1. The van der Waals surface area contributed by atoms with Gasteiger partial charge in [-0.1, -0.05) is 0 Å². The summed E-state index contributed by atoms with van der Waals surface area (Å²) in [5, 5.41) is 9.53. The molecule has 28 heavy (non-hydrogen) atoms. The molecule has 2 aliphatic rings. The lowest BCUT2D eigenvalue weighted by molar-refractivity contribution is 0.322. The highest BCUT2D eigenvalue weighted by Crippen LogP contribution is 2.26. The van der Waals surface area contributed by atoms with Crippen LogP contribution in [0.5, 0.6) is 0 Å². The van der Waals surface area contributed by atoms with Crippen LogP contribution in [0.1, 0.15) is 52.0 Å². The van der Waals surface area contributed by atoms with Crippen molar-refractivity contribution in [3.05, 3.63) is 29.8 Å². The fraction of sp³-hybridized carbons (Fsp3) is 0.632. The van der Waals surface area contributed by atoms with Crippen LogP contribution in [0.3, 0.4) is 0 Å². The molecule has 1 heterocycles. The van der Waals surface area contributed by atoms with Crippen LogP contribution >= 0.6 is 0 Å². The molecule has 1 saturated carbocycles. The SMILES string of the molecule is CN1NNN=C1c1ccc(NC[C@H]2CC[C@H](NS(=O)(=O)C(C)(C)C)CC2)cc1. The van der Waals surface area contributed by atoms with Crippen LogP contribution in [0.2, 0.25) is 0 Å². The highest BCUT2D eigenvalue weighted by Gasteiger charge is 2.32. The Morgan fingerprint density at radius 3 is 2.32 bits per heavy atom. The third kappa shape index (κ3) is 4.95. The van der Waals surface area contributed by atoms with Gasteiger partial charge in [-0.2, -0.15) is 0 Å². The first kappa shape index (κ1) is 20.9. The molecule has 0 aromatic heterocycles. The number of hydrogen-bond acceptors (Lipinski definition) is 7. The summed E-state index contributed by atoms with van der Waals surface area (Å²) in [6.45, 7) is 6.11. The second-order valence-electron chi connectivity index (χ2n) is 8.63. The van der Waals surface area contributed by atoms with Gasteiger partial charge in [-0.15, -0.1) is 10.6 Å². The van der Waals surface area contributed by atoms with Crippen molar-refractivity contribution >= 4 is 21.5 Å². The minimum absolute atomic E-state index is 0.0613. The first-order valence-corrected chi connectivity index (χ1v) is 11.3. The molecular formula is C19H32N6O2S. The van der Waals surface area contributed by atoms with Crippen molar-refractivity contribution in [1.82, 2.24) is 20.8 Å². The number of sulfonamides is 1. The van der Waals surface area contributed by atoms with Gasteiger partial charge in [0.15, 0.2) is 5.84 Å². The lowest BCUT2D eigenvalue weighted by Gasteiger charge is -2.31.